The van der Waals surface area contributed by atoms with Crippen molar-refractivity contribution in [3.05, 3.63) is 258 Å². The molecule has 8 aromatic carbocycles. The number of primary amides is 1. The van der Waals surface area contributed by atoms with Gasteiger partial charge in [-0.15, -0.1) is 0 Å². The van der Waals surface area contributed by atoms with Gasteiger partial charge in [0.05, 0.1) is 33.0 Å². The second-order valence-corrected chi connectivity index (χ2v) is 25.7. The van der Waals surface area contributed by atoms with Crippen molar-refractivity contribution in [3.8, 4) is 0 Å². The Hall–Kier alpha value is -7.88. The average molecular weight is 1380 g/mol. The third-order valence-electron chi connectivity index (χ3n) is 15.1. The highest BCUT2D eigenvalue weighted by Crippen LogP contribution is 2.53. The van der Waals surface area contributed by atoms with E-state index < -0.39 is 44.9 Å². The van der Waals surface area contributed by atoms with Crippen molar-refractivity contribution < 1.29 is 57.6 Å². The zero-order chi connectivity index (χ0) is 65.1. The topological polar surface area (TPSA) is 254 Å². The smallest absolute Gasteiger partial charge is 0.314 e. The molecule has 11 N–H and O–H groups in total. The van der Waals surface area contributed by atoms with E-state index in [0.29, 0.717) is 56.8 Å². The van der Waals surface area contributed by atoms with Crippen molar-refractivity contribution in [1.29, 1.82) is 0 Å². The molecule has 0 aliphatic heterocycles. The van der Waals surface area contributed by atoms with Crippen LogP contribution in [0.3, 0.4) is 0 Å². The maximum absolute atomic E-state index is 13.2. The van der Waals surface area contributed by atoms with Gasteiger partial charge in [0.15, 0.2) is 0 Å². The van der Waals surface area contributed by atoms with Crippen molar-refractivity contribution in [2.75, 3.05) is 21.7 Å². The summed E-state index contributed by atoms with van der Waals surface area (Å²) < 4.78 is 40.0. The summed E-state index contributed by atoms with van der Waals surface area (Å²) in [6.45, 7) is 5.10. The van der Waals surface area contributed by atoms with Gasteiger partial charge >= 0.3 is 5.97 Å². The van der Waals surface area contributed by atoms with Crippen LogP contribution in [0.1, 0.15) is 96.7 Å². The summed E-state index contributed by atoms with van der Waals surface area (Å²) in [6.07, 6.45) is 1.76. The van der Waals surface area contributed by atoms with Crippen LogP contribution in [-0.2, 0) is 30.6 Å². The second-order valence-electron chi connectivity index (χ2n) is 23.0. The Morgan fingerprint density at radius 3 is 1.08 bits per heavy atom. The standard InChI is InChI=1S/C25H22ClFN2O3.C18H17BrFNO2.C12H13BrO3.C7H6ClNO.C6H6FN/c1-24(32)14-25(15-24,23(31)29-21-11-7-19(27)8-12-21)17-5-9-20(10-6-17)28-22(30)16-3-2-4-18(26)13-16;1-17(23)10-18(11-17,12-2-4-13(19)5-3-12)16(22)21-15-8-6-14(20)7-9-15;1-11(16)6-12(7-11,10(14)15)8-2-4-9(13)5-3-8;8-6-3-1-2-5(4-6)7(9)10;7-5-1-3-6(8)4-2-5/h2-13,32H,14-15H2,1H3,(H,28,30)(H,29,31);2-9,23H,10-11H2,1H3,(H,21,22);2-5,16H,6-7H2,1H3,(H,14,15);1-4H,(H2,9,10);1-4H,8H2. The van der Waals surface area contributed by atoms with E-state index in [4.69, 9.17) is 34.7 Å². The van der Waals surface area contributed by atoms with E-state index in [1.54, 1.807) is 99.6 Å². The number of benzene rings is 8. The fourth-order valence-electron chi connectivity index (χ4n) is 11.1. The molecule has 3 saturated carbocycles. The van der Waals surface area contributed by atoms with Gasteiger partial charge in [-0.25, -0.2) is 13.2 Å². The number of carboxylic acid groups (broad SMARTS) is 1. The number of carboxylic acids is 1. The molecule has 0 aromatic heterocycles. The van der Waals surface area contributed by atoms with Gasteiger partial charge in [0.2, 0.25) is 17.7 Å². The van der Waals surface area contributed by atoms with Gasteiger partial charge in [-0.2, -0.15) is 0 Å². The maximum Gasteiger partial charge on any atom is 0.314 e. The highest BCUT2D eigenvalue weighted by molar-refractivity contribution is 9.10. The number of anilines is 4. The van der Waals surface area contributed by atoms with Crippen LogP contribution in [0.4, 0.5) is 35.9 Å². The number of rotatable bonds is 11. The molecule has 0 atom stereocenters. The van der Waals surface area contributed by atoms with Gasteiger partial charge in [-0.1, -0.05) is 104 Å². The molecule has 21 heteroatoms. The van der Waals surface area contributed by atoms with Crippen LogP contribution >= 0.6 is 55.1 Å². The lowest BCUT2D eigenvalue weighted by Crippen LogP contribution is -2.59. The van der Waals surface area contributed by atoms with Crippen LogP contribution in [0.25, 0.3) is 0 Å². The Labute approximate surface area is 539 Å². The predicted octanol–water partition coefficient (Wildman–Crippen LogP) is 14.3. The zero-order valence-electron chi connectivity index (χ0n) is 48.3. The number of hydrogen-bond acceptors (Lipinski definition) is 9. The molecule has 0 saturated heterocycles. The zero-order valence-corrected chi connectivity index (χ0v) is 53.0. The van der Waals surface area contributed by atoms with E-state index in [-0.39, 0.29) is 60.9 Å². The number of nitrogens with two attached hydrogens (primary N) is 2. The number of amides is 4. The molecule has 0 heterocycles. The van der Waals surface area contributed by atoms with Crippen LogP contribution < -0.4 is 27.4 Å². The van der Waals surface area contributed by atoms with Crippen LogP contribution in [0.15, 0.2) is 203 Å². The van der Waals surface area contributed by atoms with Crippen molar-refractivity contribution >= 4 is 107 Å². The highest BCUT2D eigenvalue weighted by Gasteiger charge is 2.59. The van der Waals surface area contributed by atoms with Gasteiger partial charge in [0.25, 0.3) is 5.91 Å². The van der Waals surface area contributed by atoms with E-state index >= 15 is 0 Å². The minimum absolute atomic E-state index is 0.182. The summed E-state index contributed by atoms with van der Waals surface area (Å²) in [6, 6.07) is 51.8. The molecule has 4 amide bonds. The Balaban J connectivity index is 0.000000172. The summed E-state index contributed by atoms with van der Waals surface area (Å²) >= 11 is 18.2. The largest absolute Gasteiger partial charge is 0.481 e. The van der Waals surface area contributed by atoms with Gasteiger partial charge < -0.3 is 47.8 Å². The van der Waals surface area contributed by atoms with E-state index in [9.17, 15) is 57.6 Å². The Bertz CT molecular complexity index is 3760. The minimum Gasteiger partial charge on any atom is -0.481 e. The highest BCUT2D eigenvalue weighted by atomic mass is 79.9. The van der Waals surface area contributed by atoms with Crippen molar-refractivity contribution in [2.24, 2.45) is 5.73 Å². The molecule has 0 bridgehead atoms. The van der Waals surface area contributed by atoms with Gasteiger partial charge in [0.1, 0.15) is 17.5 Å². The first kappa shape index (κ1) is 68.6. The normalized spacial score (nSPS) is 22.6. The first-order valence-electron chi connectivity index (χ1n) is 27.6. The molecule has 3 fully saturated rings. The SMILES string of the molecule is CC1(O)CC(C(=O)Nc2ccc(F)cc2)(c2ccc(Br)cc2)C1.CC1(O)CC(C(=O)Nc2ccc(F)cc2)(c2ccc(NC(=O)c3cccc(Cl)c3)cc2)C1.CC1(O)CC(C(=O)O)(c2ccc(Br)cc2)C1.NC(=O)c1cccc(Cl)c1.Nc1ccc(F)cc1. The Morgan fingerprint density at radius 1 is 0.449 bits per heavy atom. The molecule has 89 heavy (non-hydrogen) atoms. The maximum atomic E-state index is 13.2. The number of nitrogen functional groups attached to an aromatic ring is 1. The molecule has 0 radical (unpaired) electrons. The van der Waals surface area contributed by atoms with Crippen LogP contribution in [0.2, 0.25) is 10.0 Å². The fourth-order valence-corrected chi connectivity index (χ4v) is 12.0. The molecular formula is C68H64Br2Cl2F3N5O9. The van der Waals surface area contributed by atoms with Crippen molar-refractivity contribution in [2.45, 2.75) is 92.3 Å². The lowest BCUT2D eigenvalue weighted by Gasteiger charge is -2.50. The van der Waals surface area contributed by atoms with Crippen molar-refractivity contribution in [3.63, 3.8) is 0 Å². The van der Waals surface area contributed by atoms with Crippen LogP contribution in [-0.4, -0.2) is 66.8 Å². The first-order valence-corrected chi connectivity index (χ1v) is 30.0. The van der Waals surface area contributed by atoms with E-state index in [1.807, 2.05) is 36.4 Å². The van der Waals surface area contributed by atoms with E-state index in [0.717, 1.165) is 25.6 Å². The summed E-state index contributed by atoms with van der Waals surface area (Å²) in [5.74, 6) is -3.06. The monoisotopic (exact) mass is 1380 g/mol. The molecule has 11 rings (SSSR count). The number of carbonyl (C=O) groups is 5. The van der Waals surface area contributed by atoms with Gasteiger partial charge in [-0.3, -0.25) is 24.0 Å². The third kappa shape index (κ3) is 18.2. The lowest BCUT2D eigenvalue weighted by molar-refractivity contribution is -0.162. The quantitative estimate of drug-likeness (QED) is 0.0554. The first-order chi connectivity index (χ1) is 41.8. The molecule has 0 unspecified atom stereocenters. The van der Waals surface area contributed by atoms with Crippen molar-refractivity contribution in [1.82, 2.24) is 0 Å². The average Bonchev–Trinajstić information content (AvgIpc) is 0.821. The molecule has 0 spiro atoms. The number of hydrogen-bond donors (Lipinski definition) is 9. The van der Waals surface area contributed by atoms with Crippen LogP contribution in [0, 0.1) is 17.5 Å². The number of aliphatic carboxylic acids is 1. The second kappa shape index (κ2) is 28.7. The third-order valence-corrected chi connectivity index (χ3v) is 16.7. The predicted molar refractivity (Wildman–Crippen MR) is 347 cm³/mol. The molecular weight excluding hydrogens is 1320 g/mol. The van der Waals surface area contributed by atoms with E-state index in [1.165, 1.54) is 78.9 Å². The van der Waals surface area contributed by atoms with Gasteiger partial charge in [-0.05, 0) is 222 Å². The number of nitrogens with one attached hydrogen (secondary N) is 3. The summed E-state index contributed by atoms with van der Waals surface area (Å²) in [4.78, 5) is 60.3. The Kier molecular flexibility index (Phi) is 22.1. The molecule has 8 aromatic rings. The van der Waals surface area contributed by atoms with E-state index in [2.05, 4.69) is 47.8 Å². The van der Waals surface area contributed by atoms with Crippen LogP contribution in [0.5, 0.6) is 0 Å². The molecule has 3 aliphatic rings. The number of halogens is 7. The number of aliphatic hydroxyl groups is 3. The molecule has 3 aliphatic carbocycles. The van der Waals surface area contributed by atoms with Gasteiger partial charge in [0, 0.05) is 52.9 Å². The summed E-state index contributed by atoms with van der Waals surface area (Å²) in [5.41, 5.74) is 10.4. The summed E-state index contributed by atoms with van der Waals surface area (Å²) in [7, 11) is 0. The Morgan fingerprint density at radius 2 is 0.753 bits per heavy atom. The lowest BCUT2D eigenvalue weighted by atomic mass is 9.56. The number of carbonyl (C=O) groups excluding carboxylic acids is 4. The minimum atomic E-state index is -0.959. The molecule has 464 valence electrons. The summed E-state index contributed by atoms with van der Waals surface area (Å²) in [5, 5.41) is 49.1. The molecule has 14 nitrogen and oxygen atoms in total. The fraction of sp³-hybridized carbons (Fsp3) is 0.221.